The monoisotopic (exact) mass is 281 g/mol. The van der Waals surface area contributed by atoms with Crippen molar-refractivity contribution in [3.8, 4) is 0 Å². The Morgan fingerprint density at radius 1 is 1.26 bits per heavy atom. The van der Waals surface area contributed by atoms with Crippen LogP contribution in [-0.2, 0) is 23.1 Å². The van der Waals surface area contributed by atoms with Crippen LogP contribution in [0.5, 0.6) is 0 Å². The van der Waals surface area contributed by atoms with Gasteiger partial charge in [0.2, 0.25) is 5.09 Å². The molecule has 0 radical (unpaired) electrons. The number of nitrogens with zero attached hydrogens (tertiary/aromatic N) is 2. The molecule has 0 amide bonds. The van der Waals surface area contributed by atoms with Crippen LogP contribution in [0.1, 0.15) is 11.3 Å². The summed E-state index contributed by atoms with van der Waals surface area (Å²) in [6.45, 7) is 0.424. The lowest BCUT2D eigenvalue weighted by molar-refractivity contribution is 0.387. The van der Waals surface area contributed by atoms with Crippen molar-refractivity contribution in [3.63, 3.8) is 0 Å². The molecule has 0 unspecified atom stereocenters. The van der Waals surface area contributed by atoms with Crippen LogP contribution in [0.25, 0.3) is 0 Å². The van der Waals surface area contributed by atoms with E-state index in [4.69, 9.17) is 10.2 Å². The highest BCUT2D eigenvalue weighted by Crippen LogP contribution is 2.19. The normalized spacial score (nSPS) is 11.9. The van der Waals surface area contributed by atoms with Gasteiger partial charge in [0, 0.05) is 26.0 Å². The van der Waals surface area contributed by atoms with E-state index in [0.717, 1.165) is 5.56 Å². The Hall–Kier alpha value is -1.70. The zero-order valence-corrected chi connectivity index (χ0v) is 11.3. The maximum Gasteiger partial charge on any atom is 0.276 e. The van der Waals surface area contributed by atoms with Gasteiger partial charge in [-0.05, 0) is 29.8 Å². The molecule has 0 aliphatic rings. The number of hydrogen-bond acceptors (Lipinski definition) is 5. The molecule has 6 nitrogen and oxygen atoms in total. The molecule has 0 aliphatic heterocycles. The van der Waals surface area contributed by atoms with Crippen molar-refractivity contribution in [3.05, 3.63) is 48.0 Å². The van der Waals surface area contributed by atoms with Crippen molar-refractivity contribution in [2.45, 2.75) is 18.2 Å². The lowest BCUT2D eigenvalue weighted by atomic mass is 10.3. The molecule has 2 N–H and O–H groups in total. The van der Waals surface area contributed by atoms with Gasteiger partial charge in [0.25, 0.3) is 10.0 Å². The molecular formula is C12H15N3O3S. The maximum atomic E-state index is 12.2. The first-order valence-electron chi connectivity index (χ1n) is 5.68. The molecule has 2 heterocycles. The highest BCUT2D eigenvalue weighted by atomic mass is 32.2. The van der Waals surface area contributed by atoms with E-state index in [1.807, 2.05) is 0 Å². The topological polar surface area (TPSA) is 89.4 Å². The van der Waals surface area contributed by atoms with Gasteiger partial charge in [-0.1, -0.05) is 0 Å². The summed E-state index contributed by atoms with van der Waals surface area (Å²) in [5.41, 5.74) is 6.25. The first-order chi connectivity index (χ1) is 9.04. The maximum absolute atomic E-state index is 12.2. The first-order valence-corrected chi connectivity index (χ1v) is 7.12. The average Bonchev–Trinajstić information content (AvgIpc) is 2.89. The van der Waals surface area contributed by atoms with Gasteiger partial charge < -0.3 is 10.2 Å². The lowest BCUT2D eigenvalue weighted by Crippen LogP contribution is -2.26. The molecule has 2 aromatic heterocycles. The minimum Gasteiger partial charge on any atom is -0.447 e. The average molecular weight is 281 g/mol. The predicted octanol–water partition coefficient (Wildman–Crippen LogP) is 0.954. The molecule has 2 rings (SSSR count). The molecule has 2 aromatic rings. The van der Waals surface area contributed by atoms with Crippen LogP contribution in [0.3, 0.4) is 0 Å². The zero-order chi connectivity index (χ0) is 13.9. The first kappa shape index (κ1) is 13.7. The van der Waals surface area contributed by atoms with E-state index in [-0.39, 0.29) is 18.2 Å². The number of nitrogens with two attached hydrogens (primary N) is 1. The van der Waals surface area contributed by atoms with Crippen LogP contribution >= 0.6 is 0 Å². The SMILES string of the molecule is CN(Cc1ccncc1)S(=O)(=O)c1ccc(CN)o1. The van der Waals surface area contributed by atoms with Gasteiger partial charge in [0.1, 0.15) is 5.76 Å². The number of aromatic nitrogens is 1. The van der Waals surface area contributed by atoms with Gasteiger partial charge in [-0.15, -0.1) is 0 Å². The smallest absolute Gasteiger partial charge is 0.276 e. The third-order valence-corrected chi connectivity index (χ3v) is 4.33. The highest BCUT2D eigenvalue weighted by molar-refractivity contribution is 7.88. The van der Waals surface area contributed by atoms with Gasteiger partial charge in [0.05, 0.1) is 6.54 Å². The van der Waals surface area contributed by atoms with E-state index in [2.05, 4.69) is 4.98 Å². The van der Waals surface area contributed by atoms with E-state index < -0.39 is 10.0 Å². The zero-order valence-electron chi connectivity index (χ0n) is 10.5. The minimum atomic E-state index is -3.64. The molecule has 19 heavy (non-hydrogen) atoms. The minimum absolute atomic E-state index is 0.0930. The Morgan fingerprint density at radius 2 is 1.95 bits per heavy atom. The quantitative estimate of drug-likeness (QED) is 0.881. The van der Waals surface area contributed by atoms with Crippen molar-refractivity contribution >= 4 is 10.0 Å². The summed E-state index contributed by atoms with van der Waals surface area (Å²) in [6, 6.07) is 6.51. The molecule has 0 atom stereocenters. The second-order valence-electron chi connectivity index (χ2n) is 4.04. The number of hydrogen-bond donors (Lipinski definition) is 1. The number of furan rings is 1. The lowest BCUT2D eigenvalue weighted by Gasteiger charge is -2.15. The van der Waals surface area contributed by atoms with Crippen LogP contribution in [0.15, 0.2) is 46.2 Å². The largest absolute Gasteiger partial charge is 0.447 e. The van der Waals surface area contributed by atoms with E-state index in [1.165, 1.54) is 17.4 Å². The second-order valence-corrected chi connectivity index (χ2v) is 6.02. The van der Waals surface area contributed by atoms with Crippen LogP contribution in [0.4, 0.5) is 0 Å². The van der Waals surface area contributed by atoms with Crippen LogP contribution in [0.2, 0.25) is 0 Å². The van der Waals surface area contributed by atoms with Gasteiger partial charge in [-0.25, -0.2) is 8.42 Å². The Bertz CT molecular complexity index is 637. The molecular weight excluding hydrogens is 266 g/mol. The highest BCUT2D eigenvalue weighted by Gasteiger charge is 2.24. The molecule has 0 fully saturated rings. The third-order valence-electron chi connectivity index (χ3n) is 2.66. The van der Waals surface area contributed by atoms with Crippen LogP contribution in [-0.4, -0.2) is 24.8 Å². The van der Waals surface area contributed by atoms with Crippen molar-refractivity contribution < 1.29 is 12.8 Å². The van der Waals surface area contributed by atoms with Crippen molar-refractivity contribution in [1.29, 1.82) is 0 Å². The molecule has 0 aliphatic carbocycles. The molecule has 102 valence electrons. The van der Waals surface area contributed by atoms with Crippen molar-refractivity contribution in [2.75, 3.05) is 7.05 Å². The Labute approximate surface area is 111 Å². The van der Waals surface area contributed by atoms with Gasteiger partial charge in [0.15, 0.2) is 0 Å². The van der Waals surface area contributed by atoms with Gasteiger partial charge >= 0.3 is 0 Å². The molecule has 0 saturated heterocycles. The number of pyridine rings is 1. The Morgan fingerprint density at radius 3 is 2.53 bits per heavy atom. The van der Waals surface area contributed by atoms with E-state index >= 15 is 0 Å². The Balaban J connectivity index is 2.19. The van der Waals surface area contributed by atoms with Crippen LogP contribution in [0, 0.1) is 0 Å². The van der Waals surface area contributed by atoms with Gasteiger partial charge in [-0.3, -0.25) is 4.98 Å². The van der Waals surface area contributed by atoms with Crippen molar-refractivity contribution in [2.24, 2.45) is 5.73 Å². The summed E-state index contributed by atoms with van der Waals surface area (Å²) in [6.07, 6.45) is 3.24. The predicted molar refractivity (Wildman–Crippen MR) is 69.5 cm³/mol. The van der Waals surface area contributed by atoms with E-state index in [9.17, 15) is 8.42 Å². The third kappa shape index (κ3) is 3.01. The standard InChI is InChI=1S/C12H15N3O3S/c1-15(9-10-4-6-14-7-5-10)19(16,17)12-3-2-11(8-13)18-12/h2-7H,8-9,13H2,1H3. The van der Waals surface area contributed by atoms with E-state index in [1.54, 1.807) is 30.6 Å². The number of rotatable bonds is 5. The summed E-state index contributed by atoms with van der Waals surface area (Å²) >= 11 is 0. The summed E-state index contributed by atoms with van der Waals surface area (Å²) < 4.78 is 30.9. The summed E-state index contributed by atoms with van der Waals surface area (Å²) in [5, 5.41) is -0.0930. The van der Waals surface area contributed by atoms with Gasteiger partial charge in [-0.2, -0.15) is 4.31 Å². The summed E-state index contributed by atoms with van der Waals surface area (Å²) in [7, 11) is -2.14. The fraction of sp³-hybridized carbons (Fsp3) is 0.250. The number of sulfonamides is 1. The fourth-order valence-electron chi connectivity index (χ4n) is 1.59. The van der Waals surface area contributed by atoms with E-state index in [0.29, 0.717) is 5.76 Å². The van der Waals surface area contributed by atoms with Crippen molar-refractivity contribution in [1.82, 2.24) is 9.29 Å². The summed E-state index contributed by atoms with van der Waals surface area (Å²) in [4.78, 5) is 3.89. The second kappa shape index (κ2) is 5.52. The fourth-order valence-corrected chi connectivity index (χ4v) is 2.67. The molecule has 0 saturated carbocycles. The molecule has 0 spiro atoms. The molecule has 0 bridgehead atoms. The van der Waals surface area contributed by atoms with Crippen LogP contribution < -0.4 is 5.73 Å². The molecule has 7 heteroatoms. The Kier molecular flexibility index (Phi) is 3.98. The molecule has 0 aromatic carbocycles. The summed E-state index contributed by atoms with van der Waals surface area (Å²) in [5.74, 6) is 0.441.